The lowest BCUT2D eigenvalue weighted by Gasteiger charge is -2.44. The van der Waals surface area contributed by atoms with Gasteiger partial charge in [0.1, 0.15) is 0 Å². The molecule has 0 radical (unpaired) electrons. The van der Waals surface area contributed by atoms with E-state index < -0.39 is 6.29 Å². The van der Waals surface area contributed by atoms with Gasteiger partial charge in [-0.15, -0.1) is 0 Å². The highest BCUT2D eigenvalue weighted by atomic mass is 16.7. The first-order valence-corrected chi connectivity index (χ1v) is 7.52. The summed E-state index contributed by atoms with van der Waals surface area (Å²) in [6.45, 7) is 9.62. The van der Waals surface area contributed by atoms with Crippen LogP contribution in [0.5, 0.6) is 0 Å². The predicted octanol–water partition coefficient (Wildman–Crippen LogP) is 2.24. The van der Waals surface area contributed by atoms with Gasteiger partial charge >= 0.3 is 5.97 Å². The largest absolute Gasteiger partial charge is 0.433 e. The Morgan fingerprint density at radius 1 is 1.20 bits per heavy atom. The number of rotatable bonds is 5. The molecule has 1 aliphatic heterocycles. The van der Waals surface area contributed by atoms with Crippen LogP contribution in [0.25, 0.3) is 0 Å². The summed E-state index contributed by atoms with van der Waals surface area (Å²) in [6, 6.07) is -0.286. The fourth-order valence-electron chi connectivity index (χ4n) is 2.69. The molecule has 3 unspecified atom stereocenters. The molecule has 1 N–H and O–H groups in total. The van der Waals surface area contributed by atoms with Gasteiger partial charge < -0.3 is 14.8 Å². The van der Waals surface area contributed by atoms with E-state index in [1.165, 1.54) is 6.92 Å². The Balaban J connectivity index is 2.83. The smallest absolute Gasteiger partial charge is 0.308 e. The third-order valence-corrected chi connectivity index (χ3v) is 4.06. The van der Waals surface area contributed by atoms with E-state index in [0.717, 1.165) is 12.8 Å². The summed E-state index contributed by atoms with van der Waals surface area (Å²) >= 11 is 0. The summed E-state index contributed by atoms with van der Waals surface area (Å²) in [5.41, 5.74) is 0. The Labute approximate surface area is 121 Å². The van der Waals surface area contributed by atoms with Crippen LogP contribution in [0.15, 0.2) is 0 Å². The maximum atomic E-state index is 11.7. The normalized spacial score (nSPS) is 33.5. The molecule has 5 nitrogen and oxygen atoms in total. The average molecular weight is 285 g/mol. The number of amides is 1. The van der Waals surface area contributed by atoms with Crippen LogP contribution >= 0.6 is 0 Å². The van der Waals surface area contributed by atoms with Crippen molar-refractivity contribution in [3.8, 4) is 0 Å². The van der Waals surface area contributed by atoms with Crippen molar-refractivity contribution in [2.24, 2.45) is 11.8 Å². The molecule has 1 heterocycles. The number of hydrogen-bond donors (Lipinski definition) is 1. The third kappa shape index (κ3) is 4.20. The first-order valence-electron chi connectivity index (χ1n) is 7.52. The molecule has 1 amide bonds. The van der Waals surface area contributed by atoms with Crippen molar-refractivity contribution in [1.82, 2.24) is 5.32 Å². The molecular weight excluding hydrogens is 258 g/mol. The number of esters is 1. The molecule has 1 rings (SSSR count). The van der Waals surface area contributed by atoms with Crippen LogP contribution in [0.2, 0.25) is 0 Å². The molecule has 20 heavy (non-hydrogen) atoms. The molecule has 5 heteroatoms. The Morgan fingerprint density at radius 2 is 1.85 bits per heavy atom. The van der Waals surface area contributed by atoms with Gasteiger partial charge in [-0.05, 0) is 24.7 Å². The van der Waals surface area contributed by atoms with E-state index in [9.17, 15) is 9.59 Å². The molecule has 0 aromatic heterocycles. The second-order valence-corrected chi connectivity index (χ2v) is 5.64. The Hall–Kier alpha value is -1.10. The van der Waals surface area contributed by atoms with Crippen molar-refractivity contribution in [3.63, 3.8) is 0 Å². The summed E-state index contributed by atoms with van der Waals surface area (Å²) in [7, 11) is 0. The summed E-state index contributed by atoms with van der Waals surface area (Å²) in [5, 5.41) is 2.86. The molecule has 0 spiro atoms. The van der Waals surface area contributed by atoms with E-state index in [1.54, 1.807) is 0 Å². The molecule has 5 atom stereocenters. The minimum atomic E-state index is -0.686. The van der Waals surface area contributed by atoms with Gasteiger partial charge in [-0.25, -0.2) is 0 Å². The van der Waals surface area contributed by atoms with E-state index in [0.29, 0.717) is 12.3 Å². The molecule has 0 aromatic rings. The molecule has 0 bridgehead atoms. The van der Waals surface area contributed by atoms with Crippen molar-refractivity contribution >= 4 is 11.9 Å². The maximum absolute atomic E-state index is 11.7. The fourth-order valence-corrected chi connectivity index (χ4v) is 2.69. The second-order valence-electron chi connectivity index (χ2n) is 5.64. The van der Waals surface area contributed by atoms with Crippen LogP contribution in [0, 0.1) is 11.8 Å². The van der Waals surface area contributed by atoms with E-state index in [-0.39, 0.29) is 29.9 Å². The van der Waals surface area contributed by atoms with Crippen LogP contribution < -0.4 is 5.32 Å². The zero-order valence-electron chi connectivity index (χ0n) is 13.1. The number of carbonyl (C=O) groups is 2. The summed E-state index contributed by atoms with van der Waals surface area (Å²) in [4.78, 5) is 23.1. The SMILES string of the molecule is CCCC(=O)OC1OC(CC)[C@@H](C)[C@H](C)C1NC(C)=O. The molecule has 0 aliphatic carbocycles. The minimum Gasteiger partial charge on any atom is -0.433 e. The van der Waals surface area contributed by atoms with Gasteiger partial charge in [0.25, 0.3) is 0 Å². The van der Waals surface area contributed by atoms with Crippen LogP contribution in [-0.2, 0) is 19.1 Å². The second kappa shape index (κ2) is 7.62. The molecule has 1 fully saturated rings. The average Bonchev–Trinajstić information content (AvgIpc) is 2.38. The number of ether oxygens (including phenoxy) is 2. The highest BCUT2D eigenvalue weighted by Crippen LogP contribution is 2.33. The van der Waals surface area contributed by atoms with E-state index in [1.807, 2.05) is 6.92 Å². The van der Waals surface area contributed by atoms with E-state index in [2.05, 4.69) is 26.1 Å². The van der Waals surface area contributed by atoms with Gasteiger partial charge in [0.05, 0.1) is 12.1 Å². The van der Waals surface area contributed by atoms with Crippen molar-refractivity contribution in [1.29, 1.82) is 0 Å². The molecule has 116 valence electrons. The summed E-state index contributed by atoms with van der Waals surface area (Å²) in [5.74, 6) is 0.0867. The lowest BCUT2D eigenvalue weighted by atomic mass is 9.81. The van der Waals surface area contributed by atoms with E-state index >= 15 is 0 Å². The van der Waals surface area contributed by atoms with Crippen molar-refractivity contribution in [2.45, 2.75) is 72.3 Å². The first-order chi connectivity index (χ1) is 9.40. The van der Waals surface area contributed by atoms with Crippen molar-refractivity contribution < 1.29 is 19.1 Å². The van der Waals surface area contributed by atoms with Crippen molar-refractivity contribution in [3.05, 3.63) is 0 Å². The van der Waals surface area contributed by atoms with Gasteiger partial charge in [0, 0.05) is 13.3 Å². The quantitative estimate of drug-likeness (QED) is 0.787. The molecular formula is C15H27NO4. The zero-order valence-corrected chi connectivity index (χ0v) is 13.1. The van der Waals surface area contributed by atoms with Crippen molar-refractivity contribution in [2.75, 3.05) is 0 Å². The Kier molecular flexibility index (Phi) is 6.46. The highest BCUT2D eigenvalue weighted by molar-refractivity contribution is 5.73. The van der Waals surface area contributed by atoms with Gasteiger partial charge in [-0.3, -0.25) is 9.59 Å². The lowest BCUT2D eigenvalue weighted by Crippen LogP contribution is -2.57. The van der Waals surface area contributed by atoms with E-state index in [4.69, 9.17) is 9.47 Å². The zero-order chi connectivity index (χ0) is 15.3. The number of nitrogens with one attached hydrogen (secondary N) is 1. The third-order valence-electron chi connectivity index (χ3n) is 4.06. The molecule has 0 aromatic carbocycles. The van der Waals surface area contributed by atoms with Gasteiger partial charge in [-0.1, -0.05) is 27.7 Å². The monoisotopic (exact) mass is 285 g/mol. The Morgan fingerprint density at radius 3 is 2.35 bits per heavy atom. The minimum absolute atomic E-state index is 0.0504. The van der Waals surface area contributed by atoms with Crippen LogP contribution in [0.1, 0.15) is 53.9 Å². The van der Waals surface area contributed by atoms with Crippen LogP contribution in [0.3, 0.4) is 0 Å². The topological polar surface area (TPSA) is 64.6 Å². The molecule has 0 saturated carbocycles. The predicted molar refractivity (Wildman–Crippen MR) is 75.9 cm³/mol. The first kappa shape index (κ1) is 17.0. The standard InChI is InChI=1S/C15H27NO4/c1-6-8-13(18)20-15-14(16-11(5)17)10(4)9(3)12(7-2)19-15/h9-10,12,14-15H,6-8H2,1-5H3,(H,16,17)/t9-,10-,12?,14?,15?/m0/s1. The molecule has 1 saturated heterocycles. The number of hydrogen-bond acceptors (Lipinski definition) is 4. The van der Waals surface area contributed by atoms with Crippen LogP contribution in [0.4, 0.5) is 0 Å². The van der Waals surface area contributed by atoms with Gasteiger partial charge in [0.2, 0.25) is 12.2 Å². The summed E-state index contributed by atoms with van der Waals surface area (Å²) in [6.07, 6.45) is 1.33. The van der Waals surface area contributed by atoms with Gasteiger partial charge in [0.15, 0.2) is 0 Å². The lowest BCUT2D eigenvalue weighted by molar-refractivity contribution is -0.233. The fraction of sp³-hybridized carbons (Fsp3) is 0.867. The number of carbonyl (C=O) groups excluding carboxylic acids is 2. The van der Waals surface area contributed by atoms with Gasteiger partial charge in [-0.2, -0.15) is 0 Å². The highest BCUT2D eigenvalue weighted by Gasteiger charge is 2.43. The van der Waals surface area contributed by atoms with Crippen LogP contribution in [-0.4, -0.2) is 30.3 Å². The molecule has 1 aliphatic rings. The maximum Gasteiger partial charge on any atom is 0.308 e. The summed E-state index contributed by atoms with van der Waals surface area (Å²) < 4.78 is 11.3. The Bertz CT molecular complexity index is 345.